The zero-order valence-electron chi connectivity index (χ0n) is 7.70. The summed E-state index contributed by atoms with van der Waals surface area (Å²) in [5.74, 6) is 0. The molecule has 0 saturated carbocycles. The van der Waals surface area contributed by atoms with Crippen molar-refractivity contribution in [3.8, 4) is 0 Å². The zero-order valence-corrected chi connectivity index (χ0v) is 7.70. The Kier molecular flexibility index (Phi) is 2.02. The maximum Gasteiger partial charge on any atom is 0.137 e. The summed E-state index contributed by atoms with van der Waals surface area (Å²) in [5.41, 5.74) is 8.92. The van der Waals surface area contributed by atoms with Gasteiger partial charge in [0.2, 0.25) is 0 Å². The van der Waals surface area contributed by atoms with E-state index in [-0.39, 0.29) is 0 Å². The Bertz CT molecular complexity index is 417. The van der Waals surface area contributed by atoms with E-state index in [0.29, 0.717) is 6.54 Å². The van der Waals surface area contributed by atoms with Gasteiger partial charge in [-0.15, -0.1) is 0 Å². The molecule has 0 bridgehead atoms. The predicted molar refractivity (Wildman–Crippen MR) is 52.7 cm³/mol. The maximum absolute atomic E-state index is 5.52. The highest BCUT2D eigenvalue weighted by Gasteiger charge is 2.02. The Labute approximate surface area is 77.2 Å². The molecule has 3 nitrogen and oxygen atoms in total. The third-order valence-electron chi connectivity index (χ3n) is 2.20. The van der Waals surface area contributed by atoms with Crippen molar-refractivity contribution >= 4 is 5.65 Å². The fraction of sp³-hybridized carbons (Fsp3) is 0.300. The first-order chi connectivity index (χ1) is 6.33. The number of hydrogen-bond acceptors (Lipinski definition) is 2. The van der Waals surface area contributed by atoms with Gasteiger partial charge in [0.1, 0.15) is 5.65 Å². The first-order valence-corrected chi connectivity index (χ1v) is 4.45. The fourth-order valence-electron chi connectivity index (χ4n) is 1.60. The number of nitrogens with two attached hydrogens (primary N) is 1. The number of aromatic nitrogens is 2. The molecule has 3 heteroatoms. The molecule has 2 aromatic rings. The topological polar surface area (TPSA) is 43.3 Å². The molecule has 0 radical (unpaired) electrons. The fourth-order valence-corrected chi connectivity index (χ4v) is 1.60. The van der Waals surface area contributed by atoms with Crippen LogP contribution in [0.1, 0.15) is 11.4 Å². The minimum atomic E-state index is 0.669. The average molecular weight is 175 g/mol. The lowest BCUT2D eigenvalue weighted by molar-refractivity contribution is 0.890. The van der Waals surface area contributed by atoms with Gasteiger partial charge in [-0.05, 0) is 25.6 Å². The van der Waals surface area contributed by atoms with E-state index in [0.717, 1.165) is 12.1 Å². The van der Waals surface area contributed by atoms with Crippen LogP contribution in [0.25, 0.3) is 5.65 Å². The first-order valence-electron chi connectivity index (χ1n) is 4.45. The van der Waals surface area contributed by atoms with Gasteiger partial charge in [0.15, 0.2) is 0 Å². The Balaban J connectivity index is 2.64. The van der Waals surface area contributed by atoms with E-state index >= 15 is 0 Å². The average Bonchev–Trinajstić information content (AvgIpc) is 2.51. The number of rotatable bonds is 2. The van der Waals surface area contributed by atoms with Gasteiger partial charge in [-0.25, -0.2) is 4.98 Å². The highest BCUT2D eigenvalue weighted by atomic mass is 15.0. The van der Waals surface area contributed by atoms with Crippen LogP contribution in [0.5, 0.6) is 0 Å². The summed E-state index contributed by atoms with van der Waals surface area (Å²) in [6.07, 6.45) is 2.78. The van der Waals surface area contributed by atoms with Crippen LogP contribution in [0.2, 0.25) is 0 Å². The van der Waals surface area contributed by atoms with E-state index in [9.17, 15) is 0 Å². The van der Waals surface area contributed by atoms with Gasteiger partial charge < -0.3 is 10.1 Å². The van der Waals surface area contributed by atoms with Crippen LogP contribution in [-0.4, -0.2) is 15.9 Å². The van der Waals surface area contributed by atoms with E-state index < -0.39 is 0 Å². The molecule has 0 amide bonds. The highest BCUT2D eigenvalue weighted by Crippen LogP contribution is 2.09. The van der Waals surface area contributed by atoms with Crippen molar-refractivity contribution in [2.45, 2.75) is 13.3 Å². The van der Waals surface area contributed by atoms with Crippen molar-refractivity contribution in [1.82, 2.24) is 9.38 Å². The molecule has 0 aliphatic rings. The van der Waals surface area contributed by atoms with Crippen LogP contribution in [0.3, 0.4) is 0 Å². The van der Waals surface area contributed by atoms with Gasteiger partial charge >= 0.3 is 0 Å². The van der Waals surface area contributed by atoms with Crippen molar-refractivity contribution in [2.75, 3.05) is 6.54 Å². The largest absolute Gasteiger partial charge is 0.330 e. The van der Waals surface area contributed by atoms with E-state index in [1.54, 1.807) is 0 Å². The molecular formula is C10H13N3. The van der Waals surface area contributed by atoms with Crippen molar-refractivity contribution in [3.05, 3.63) is 35.8 Å². The normalized spacial score (nSPS) is 10.9. The molecule has 2 rings (SSSR count). The monoisotopic (exact) mass is 175 g/mol. The second-order valence-corrected chi connectivity index (χ2v) is 3.15. The molecule has 0 aliphatic heterocycles. The SMILES string of the molecule is Cc1cccc2ncc(CCN)n12. The van der Waals surface area contributed by atoms with Crippen LogP contribution in [0.15, 0.2) is 24.4 Å². The van der Waals surface area contributed by atoms with Gasteiger partial charge in [-0.3, -0.25) is 0 Å². The summed E-state index contributed by atoms with van der Waals surface area (Å²) in [4.78, 5) is 4.31. The lowest BCUT2D eigenvalue weighted by Crippen LogP contribution is -2.06. The highest BCUT2D eigenvalue weighted by molar-refractivity contribution is 5.42. The number of nitrogens with zero attached hydrogens (tertiary/aromatic N) is 2. The summed E-state index contributed by atoms with van der Waals surface area (Å²) in [6, 6.07) is 6.10. The smallest absolute Gasteiger partial charge is 0.137 e. The molecule has 68 valence electrons. The van der Waals surface area contributed by atoms with Crippen molar-refractivity contribution in [3.63, 3.8) is 0 Å². The van der Waals surface area contributed by atoms with Gasteiger partial charge in [0, 0.05) is 24.0 Å². The Morgan fingerprint density at radius 3 is 3.08 bits per heavy atom. The van der Waals surface area contributed by atoms with Gasteiger partial charge in [0.05, 0.1) is 0 Å². The molecule has 0 atom stereocenters. The van der Waals surface area contributed by atoms with E-state index in [4.69, 9.17) is 5.73 Å². The lowest BCUT2D eigenvalue weighted by Gasteiger charge is -2.03. The maximum atomic E-state index is 5.52. The molecule has 13 heavy (non-hydrogen) atoms. The summed E-state index contributed by atoms with van der Waals surface area (Å²) in [5, 5.41) is 0. The molecule has 2 heterocycles. The Morgan fingerprint density at radius 2 is 2.31 bits per heavy atom. The third-order valence-corrected chi connectivity index (χ3v) is 2.20. The Hall–Kier alpha value is -1.35. The van der Waals surface area contributed by atoms with E-state index in [2.05, 4.69) is 22.4 Å². The number of pyridine rings is 1. The predicted octanol–water partition coefficient (Wildman–Crippen LogP) is 1.14. The van der Waals surface area contributed by atoms with E-state index in [1.165, 1.54) is 11.4 Å². The lowest BCUT2D eigenvalue weighted by atomic mass is 10.3. The van der Waals surface area contributed by atoms with Crippen molar-refractivity contribution in [2.24, 2.45) is 5.73 Å². The second-order valence-electron chi connectivity index (χ2n) is 3.15. The number of hydrogen-bond donors (Lipinski definition) is 1. The molecule has 2 N–H and O–H groups in total. The molecule has 0 aromatic carbocycles. The van der Waals surface area contributed by atoms with Crippen LogP contribution in [-0.2, 0) is 6.42 Å². The number of aryl methyl sites for hydroxylation is 1. The number of fused-ring (bicyclic) bond motifs is 1. The van der Waals surface area contributed by atoms with Gasteiger partial charge in [-0.2, -0.15) is 0 Å². The van der Waals surface area contributed by atoms with Crippen LogP contribution >= 0.6 is 0 Å². The molecule has 2 aromatic heterocycles. The summed E-state index contributed by atoms with van der Waals surface area (Å²) >= 11 is 0. The van der Waals surface area contributed by atoms with Crippen LogP contribution in [0.4, 0.5) is 0 Å². The van der Waals surface area contributed by atoms with Crippen molar-refractivity contribution in [1.29, 1.82) is 0 Å². The molecule has 0 spiro atoms. The first kappa shape index (κ1) is 8.26. The quantitative estimate of drug-likeness (QED) is 0.744. The minimum Gasteiger partial charge on any atom is -0.330 e. The molecular weight excluding hydrogens is 162 g/mol. The minimum absolute atomic E-state index is 0.669. The number of imidazole rings is 1. The van der Waals surface area contributed by atoms with E-state index in [1.807, 2.05) is 18.3 Å². The third kappa shape index (κ3) is 1.31. The van der Waals surface area contributed by atoms with Crippen LogP contribution < -0.4 is 5.73 Å². The summed E-state index contributed by atoms with van der Waals surface area (Å²) < 4.78 is 2.15. The molecule has 0 unspecified atom stereocenters. The molecule has 0 fully saturated rings. The van der Waals surface area contributed by atoms with Gasteiger partial charge in [-0.1, -0.05) is 6.07 Å². The zero-order chi connectivity index (χ0) is 9.26. The second kappa shape index (κ2) is 3.18. The van der Waals surface area contributed by atoms with Gasteiger partial charge in [0.25, 0.3) is 0 Å². The molecule has 0 aliphatic carbocycles. The summed E-state index contributed by atoms with van der Waals surface area (Å²) in [7, 11) is 0. The summed E-state index contributed by atoms with van der Waals surface area (Å²) in [6.45, 7) is 2.75. The van der Waals surface area contributed by atoms with Crippen LogP contribution in [0, 0.1) is 6.92 Å². The standard InChI is InChI=1S/C10H13N3/c1-8-3-2-4-10-12-7-9(5-6-11)13(8)10/h2-4,7H,5-6,11H2,1H3. The van der Waals surface area contributed by atoms with Crippen molar-refractivity contribution < 1.29 is 0 Å². The Morgan fingerprint density at radius 1 is 1.46 bits per heavy atom. The molecule has 0 saturated heterocycles.